The molecule has 148 valence electrons. The summed E-state index contributed by atoms with van der Waals surface area (Å²) in [5.41, 5.74) is 1.16. The fourth-order valence-electron chi connectivity index (χ4n) is 3.49. The Hall–Kier alpha value is -1.81. The van der Waals surface area contributed by atoms with Gasteiger partial charge in [-0.2, -0.15) is 9.40 Å². The molecule has 0 bridgehead atoms. The molecule has 0 radical (unpaired) electrons. The summed E-state index contributed by atoms with van der Waals surface area (Å²) in [6.45, 7) is 2.69. The van der Waals surface area contributed by atoms with E-state index in [1.165, 1.54) is 22.5 Å². The van der Waals surface area contributed by atoms with Crippen molar-refractivity contribution >= 4 is 10.0 Å². The number of benzene rings is 1. The van der Waals surface area contributed by atoms with E-state index in [9.17, 15) is 12.8 Å². The van der Waals surface area contributed by atoms with Gasteiger partial charge in [0, 0.05) is 31.9 Å². The molecule has 0 amide bonds. The average molecular weight is 396 g/mol. The largest absolute Gasteiger partial charge is 0.373 e. The van der Waals surface area contributed by atoms with Gasteiger partial charge in [0.15, 0.2) is 0 Å². The molecule has 3 rings (SSSR count). The van der Waals surface area contributed by atoms with Gasteiger partial charge in [-0.05, 0) is 44.8 Å². The van der Waals surface area contributed by atoms with Gasteiger partial charge in [0.1, 0.15) is 5.82 Å². The molecular weight excluding hydrogens is 371 g/mol. The lowest BCUT2D eigenvalue weighted by Gasteiger charge is -2.41. The summed E-state index contributed by atoms with van der Waals surface area (Å²) in [6.07, 6.45) is 3.14. The van der Waals surface area contributed by atoms with E-state index >= 15 is 0 Å². The average Bonchev–Trinajstić information content (AvgIpc) is 2.99. The Balaban J connectivity index is 2.07. The smallest absolute Gasteiger partial charge is 0.244 e. The van der Waals surface area contributed by atoms with Crippen LogP contribution in [0.25, 0.3) is 0 Å². The lowest BCUT2D eigenvalue weighted by molar-refractivity contribution is -0.0514. The summed E-state index contributed by atoms with van der Waals surface area (Å²) in [5.74, 6) is -0.456. The number of aryl methyl sites for hydroxylation is 2. The first kappa shape index (κ1) is 19.9. The second-order valence-electron chi connectivity index (χ2n) is 7.09. The predicted molar refractivity (Wildman–Crippen MR) is 99.3 cm³/mol. The Kier molecular flexibility index (Phi) is 5.66. The minimum absolute atomic E-state index is 0.114. The van der Waals surface area contributed by atoms with Gasteiger partial charge in [-0.3, -0.25) is 4.68 Å². The van der Waals surface area contributed by atoms with E-state index in [1.807, 2.05) is 25.2 Å². The van der Waals surface area contributed by atoms with E-state index in [-0.39, 0.29) is 17.5 Å². The van der Waals surface area contributed by atoms with Gasteiger partial charge in [-0.25, -0.2) is 12.8 Å². The van der Waals surface area contributed by atoms with Crippen LogP contribution >= 0.6 is 0 Å². The highest BCUT2D eigenvalue weighted by Gasteiger charge is 2.42. The number of morpholine rings is 1. The molecule has 0 unspecified atom stereocenters. The highest BCUT2D eigenvalue weighted by atomic mass is 32.2. The fraction of sp³-hybridized carbons (Fsp3) is 0.500. The fourth-order valence-corrected chi connectivity index (χ4v) is 5.32. The number of aromatic nitrogens is 2. The summed E-state index contributed by atoms with van der Waals surface area (Å²) in [7, 11) is 1.79. The summed E-state index contributed by atoms with van der Waals surface area (Å²) in [4.78, 5) is 2.08. The minimum atomic E-state index is -3.84. The monoisotopic (exact) mass is 396 g/mol. The molecule has 2 heterocycles. The number of hydrogen-bond acceptors (Lipinski definition) is 5. The first-order valence-electron chi connectivity index (χ1n) is 8.73. The third-order valence-electron chi connectivity index (χ3n) is 4.64. The van der Waals surface area contributed by atoms with Crippen molar-refractivity contribution in [3.63, 3.8) is 0 Å². The van der Waals surface area contributed by atoms with Gasteiger partial charge in [-0.1, -0.05) is 0 Å². The van der Waals surface area contributed by atoms with E-state index in [2.05, 4.69) is 5.10 Å². The molecular formula is C18H25FN4O3S. The van der Waals surface area contributed by atoms with Crippen LogP contribution in [0, 0.1) is 12.7 Å². The maximum absolute atomic E-state index is 13.5. The SMILES string of the molecule is Cc1cc(F)ccc1S(=O)(=O)N1CCO[C@@H](CN(C)C)[C@@H]1c1cnn(C)c1. The van der Waals surface area contributed by atoms with Crippen LogP contribution in [0.3, 0.4) is 0 Å². The van der Waals surface area contributed by atoms with E-state index in [0.29, 0.717) is 18.7 Å². The highest BCUT2D eigenvalue weighted by molar-refractivity contribution is 7.89. The molecule has 1 aromatic carbocycles. The first-order chi connectivity index (χ1) is 12.7. The van der Waals surface area contributed by atoms with E-state index in [1.54, 1.807) is 24.9 Å². The molecule has 0 saturated carbocycles. The molecule has 27 heavy (non-hydrogen) atoms. The zero-order valence-electron chi connectivity index (χ0n) is 16.0. The maximum Gasteiger partial charge on any atom is 0.244 e. The number of halogens is 1. The molecule has 0 aliphatic carbocycles. The normalized spacial score (nSPS) is 21.7. The first-order valence-corrected chi connectivity index (χ1v) is 10.2. The van der Waals surface area contributed by atoms with Gasteiger partial charge in [-0.15, -0.1) is 0 Å². The van der Waals surface area contributed by atoms with Crippen LogP contribution in [0.15, 0.2) is 35.5 Å². The van der Waals surface area contributed by atoms with Crippen molar-refractivity contribution in [2.24, 2.45) is 7.05 Å². The summed E-state index contributed by atoms with van der Waals surface area (Å²) < 4.78 is 49.4. The number of rotatable bonds is 5. The molecule has 1 aliphatic rings. The van der Waals surface area contributed by atoms with Gasteiger partial charge >= 0.3 is 0 Å². The Morgan fingerprint density at radius 1 is 1.37 bits per heavy atom. The van der Waals surface area contributed by atoms with Crippen molar-refractivity contribution < 1.29 is 17.5 Å². The topological polar surface area (TPSA) is 67.7 Å². The van der Waals surface area contributed by atoms with Crippen molar-refractivity contribution in [3.05, 3.63) is 47.5 Å². The number of ether oxygens (including phenoxy) is 1. The number of hydrogen-bond donors (Lipinski definition) is 0. The standard InChI is InChI=1S/C18H25FN4O3S/c1-13-9-15(19)5-6-17(13)27(24,25)23-7-8-26-16(12-21(2)3)18(23)14-10-20-22(4)11-14/h5-6,9-11,16,18H,7-8,12H2,1-4H3/t16-,18-/m0/s1. The molecule has 2 atom stereocenters. The zero-order valence-corrected chi connectivity index (χ0v) is 16.8. The predicted octanol–water partition coefficient (Wildman–Crippen LogP) is 1.56. The second-order valence-corrected chi connectivity index (χ2v) is 8.95. The van der Waals surface area contributed by atoms with Crippen LogP contribution < -0.4 is 0 Å². The molecule has 0 spiro atoms. The van der Waals surface area contributed by atoms with Crippen LogP contribution in [0.1, 0.15) is 17.2 Å². The Labute approximate surface area is 159 Å². The second kappa shape index (κ2) is 7.67. The molecule has 7 nitrogen and oxygen atoms in total. The lowest BCUT2D eigenvalue weighted by Crippen LogP contribution is -2.51. The molecule has 1 saturated heterocycles. The van der Waals surface area contributed by atoms with E-state index in [0.717, 1.165) is 5.56 Å². The molecule has 2 aromatic rings. The Morgan fingerprint density at radius 2 is 2.11 bits per heavy atom. The summed E-state index contributed by atoms with van der Waals surface area (Å²) in [5, 5.41) is 4.20. The van der Waals surface area contributed by atoms with Crippen LogP contribution in [0.5, 0.6) is 0 Å². The van der Waals surface area contributed by atoms with Gasteiger partial charge in [0.25, 0.3) is 0 Å². The van der Waals surface area contributed by atoms with Crippen molar-refractivity contribution in [1.82, 2.24) is 19.0 Å². The van der Waals surface area contributed by atoms with E-state index in [4.69, 9.17) is 4.74 Å². The molecule has 9 heteroatoms. The maximum atomic E-state index is 13.5. The summed E-state index contributed by atoms with van der Waals surface area (Å²) >= 11 is 0. The van der Waals surface area contributed by atoms with Crippen LogP contribution in [-0.4, -0.2) is 67.3 Å². The van der Waals surface area contributed by atoms with Gasteiger partial charge < -0.3 is 9.64 Å². The Morgan fingerprint density at radius 3 is 2.70 bits per heavy atom. The molecule has 1 aliphatic heterocycles. The number of likely N-dealkylation sites (N-methyl/N-ethyl adjacent to an activating group) is 1. The van der Waals surface area contributed by atoms with Crippen molar-refractivity contribution in [3.8, 4) is 0 Å². The van der Waals surface area contributed by atoms with Crippen LogP contribution in [0.2, 0.25) is 0 Å². The minimum Gasteiger partial charge on any atom is -0.373 e. The number of sulfonamides is 1. The zero-order chi connectivity index (χ0) is 19.8. The lowest BCUT2D eigenvalue weighted by atomic mass is 10.0. The van der Waals surface area contributed by atoms with Crippen molar-refractivity contribution in [1.29, 1.82) is 0 Å². The number of nitrogens with zero attached hydrogens (tertiary/aromatic N) is 4. The highest BCUT2D eigenvalue weighted by Crippen LogP contribution is 2.35. The van der Waals surface area contributed by atoms with E-state index < -0.39 is 21.9 Å². The van der Waals surface area contributed by atoms with Gasteiger partial charge in [0.2, 0.25) is 10.0 Å². The molecule has 1 fully saturated rings. The third kappa shape index (κ3) is 4.06. The Bertz CT molecular complexity index is 913. The van der Waals surface area contributed by atoms with Crippen LogP contribution in [-0.2, 0) is 21.8 Å². The molecule has 1 aromatic heterocycles. The summed E-state index contributed by atoms with van der Waals surface area (Å²) in [6, 6.07) is 3.24. The van der Waals surface area contributed by atoms with Crippen LogP contribution in [0.4, 0.5) is 4.39 Å². The third-order valence-corrected chi connectivity index (χ3v) is 6.68. The quantitative estimate of drug-likeness (QED) is 0.767. The molecule has 0 N–H and O–H groups in total. The van der Waals surface area contributed by atoms with Crippen molar-refractivity contribution in [2.45, 2.75) is 24.0 Å². The van der Waals surface area contributed by atoms with Gasteiger partial charge in [0.05, 0.1) is 29.8 Å². The van der Waals surface area contributed by atoms with Crippen molar-refractivity contribution in [2.75, 3.05) is 33.8 Å².